The molecule has 2 aromatic carbocycles. The molecule has 0 spiro atoms. The first kappa shape index (κ1) is 17.3. The molecule has 2 rings (SSSR count). The predicted molar refractivity (Wildman–Crippen MR) is 88.4 cm³/mol. The highest BCUT2D eigenvalue weighted by Crippen LogP contribution is 2.29. The van der Waals surface area contributed by atoms with Gasteiger partial charge < -0.3 is 15.2 Å². The van der Waals surface area contributed by atoms with Crippen LogP contribution in [-0.4, -0.2) is 13.2 Å². The lowest BCUT2D eigenvalue weighted by Gasteiger charge is -2.13. The van der Waals surface area contributed by atoms with E-state index < -0.39 is 0 Å². The zero-order chi connectivity index (χ0) is 14.4. The Labute approximate surface area is 132 Å². The topological polar surface area (TPSA) is 44.5 Å². The minimum atomic E-state index is 0. The third-order valence-corrected chi connectivity index (χ3v) is 3.02. The van der Waals surface area contributed by atoms with Crippen molar-refractivity contribution in [1.82, 2.24) is 0 Å². The van der Waals surface area contributed by atoms with Crippen molar-refractivity contribution in [3.63, 3.8) is 0 Å². The van der Waals surface area contributed by atoms with Crippen molar-refractivity contribution in [2.75, 3.05) is 7.11 Å². The molecule has 0 fully saturated rings. The Bertz CT molecular complexity index is 544. The summed E-state index contributed by atoms with van der Waals surface area (Å²) in [5, 5.41) is 0. The number of benzene rings is 2. The standard InChI is InChI=1S/C17H21NO2.ClH/c1-13(18)10-15-8-9-16(17(11-15)19-2)20-12-14-6-4-3-5-7-14;/h3-9,11,13H,10,12,18H2,1-2H3;1H. The smallest absolute Gasteiger partial charge is 0.161 e. The van der Waals surface area contributed by atoms with Gasteiger partial charge in [-0.05, 0) is 36.6 Å². The number of methoxy groups -OCH3 is 1. The molecule has 2 N–H and O–H groups in total. The van der Waals surface area contributed by atoms with E-state index in [1.54, 1.807) is 7.11 Å². The molecule has 4 heteroatoms. The quantitative estimate of drug-likeness (QED) is 0.887. The third-order valence-electron chi connectivity index (χ3n) is 3.02. The van der Waals surface area contributed by atoms with Crippen LogP contribution in [0.1, 0.15) is 18.1 Å². The lowest BCUT2D eigenvalue weighted by molar-refractivity contribution is 0.284. The largest absolute Gasteiger partial charge is 0.493 e. The fourth-order valence-electron chi connectivity index (χ4n) is 2.07. The monoisotopic (exact) mass is 307 g/mol. The highest BCUT2D eigenvalue weighted by Gasteiger charge is 2.07. The van der Waals surface area contributed by atoms with Crippen LogP contribution in [0.5, 0.6) is 11.5 Å². The molecule has 0 saturated carbocycles. The number of hydrogen-bond acceptors (Lipinski definition) is 3. The number of halogens is 1. The zero-order valence-corrected chi connectivity index (χ0v) is 13.2. The van der Waals surface area contributed by atoms with Gasteiger partial charge in [0.05, 0.1) is 7.11 Å². The summed E-state index contributed by atoms with van der Waals surface area (Å²) in [6.45, 7) is 2.52. The van der Waals surface area contributed by atoms with Gasteiger partial charge in [0.15, 0.2) is 11.5 Å². The highest BCUT2D eigenvalue weighted by atomic mass is 35.5. The SMILES string of the molecule is COc1cc(CC(C)N)ccc1OCc1ccccc1.Cl. The van der Waals surface area contributed by atoms with Crippen LogP contribution in [0.2, 0.25) is 0 Å². The van der Waals surface area contributed by atoms with Crippen molar-refractivity contribution in [3.05, 3.63) is 59.7 Å². The maximum atomic E-state index is 5.82. The van der Waals surface area contributed by atoms with Gasteiger partial charge >= 0.3 is 0 Å². The fourth-order valence-corrected chi connectivity index (χ4v) is 2.07. The van der Waals surface area contributed by atoms with Gasteiger partial charge in [-0.25, -0.2) is 0 Å². The zero-order valence-electron chi connectivity index (χ0n) is 12.4. The lowest BCUT2D eigenvalue weighted by atomic mass is 10.1. The molecule has 0 aliphatic carbocycles. The molecular formula is C17H22ClNO2. The average molecular weight is 308 g/mol. The Morgan fingerprint density at radius 2 is 1.71 bits per heavy atom. The van der Waals surface area contributed by atoms with E-state index in [-0.39, 0.29) is 18.4 Å². The first-order valence-electron chi connectivity index (χ1n) is 6.78. The van der Waals surface area contributed by atoms with Gasteiger partial charge in [0.25, 0.3) is 0 Å². The van der Waals surface area contributed by atoms with E-state index in [1.807, 2.05) is 55.5 Å². The number of rotatable bonds is 6. The second-order valence-corrected chi connectivity index (χ2v) is 4.94. The molecule has 2 aromatic rings. The highest BCUT2D eigenvalue weighted by molar-refractivity contribution is 5.85. The van der Waals surface area contributed by atoms with E-state index in [9.17, 15) is 0 Å². The lowest BCUT2D eigenvalue weighted by Crippen LogP contribution is -2.17. The molecule has 1 atom stereocenters. The van der Waals surface area contributed by atoms with E-state index in [4.69, 9.17) is 15.2 Å². The summed E-state index contributed by atoms with van der Waals surface area (Å²) in [6.07, 6.45) is 0.829. The van der Waals surface area contributed by atoms with Gasteiger partial charge in [-0.15, -0.1) is 12.4 Å². The van der Waals surface area contributed by atoms with Crippen molar-refractivity contribution >= 4 is 12.4 Å². The average Bonchev–Trinajstić information content (AvgIpc) is 2.46. The van der Waals surface area contributed by atoms with E-state index >= 15 is 0 Å². The Morgan fingerprint density at radius 3 is 2.33 bits per heavy atom. The molecule has 0 aliphatic rings. The molecule has 0 bridgehead atoms. The van der Waals surface area contributed by atoms with Crippen molar-refractivity contribution in [2.24, 2.45) is 5.73 Å². The molecule has 0 aliphatic heterocycles. The predicted octanol–water partition coefficient (Wildman–Crippen LogP) is 3.59. The van der Waals surface area contributed by atoms with Crippen LogP contribution in [0, 0.1) is 0 Å². The summed E-state index contributed by atoms with van der Waals surface area (Å²) in [7, 11) is 1.65. The second-order valence-electron chi connectivity index (χ2n) is 4.94. The first-order valence-corrected chi connectivity index (χ1v) is 6.78. The first-order chi connectivity index (χ1) is 9.69. The number of ether oxygens (including phenoxy) is 2. The molecule has 0 aromatic heterocycles. The molecule has 0 saturated heterocycles. The molecule has 1 unspecified atom stereocenters. The minimum absolute atomic E-state index is 0. The molecule has 0 radical (unpaired) electrons. The van der Waals surface area contributed by atoms with Gasteiger partial charge in [-0.3, -0.25) is 0 Å². The van der Waals surface area contributed by atoms with Crippen molar-refractivity contribution in [3.8, 4) is 11.5 Å². The van der Waals surface area contributed by atoms with E-state index in [2.05, 4.69) is 0 Å². The number of nitrogens with two attached hydrogens (primary N) is 1. The summed E-state index contributed by atoms with van der Waals surface area (Å²) >= 11 is 0. The summed E-state index contributed by atoms with van der Waals surface area (Å²) in [5.74, 6) is 1.50. The van der Waals surface area contributed by atoms with Gasteiger partial charge in [0.2, 0.25) is 0 Å². The van der Waals surface area contributed by atoms with Crippen LogP contribution < -0.4 is 15.2 Å². The van der Waals surface area contributed by atoms with Gasteiger partial charge in [-0.2, -0.15) is 0 Å². The maximum Gasteiger partial charge on any atom is 0.161 e. The Morgan fingerprint density at radius 1 is 1.00 bits per heavy atom. The van der Waals surface area contributed by atoms with E-state index in [0.717, 1.165) is 29.0 Å². The Balaban J connectivity index is 0.00000220. The fraction of sp³-hybridized carbons (Fsp3) is 0.294. The molecule has 0 heterocycles. The normalized spacial score (nSPS) is 11.4. The summed E-state index contributed by atoms with van der Waals surface area (Å²) in [5.41, 5.74) is 8.11. The molecule has 21 heavy (non-hydrogen) atoms. The van der Waals surface area contributed by atoms with Crippen LogP contribution in [0.3, 0.4) is 0 Å². The summed E-state index contributed by atoms with van der Waals surface area (Å²) in [6, 6.07) is 16.2. The van der Waals surface area contributed by atoms with Crippen LogP contribution in [-0.2, 0) is 13.0 Å². The van der Waals surface area contributed by atoms with Crippen LogP contribution in [0.4, 0.5) is 0 Å². The van der Waals surface area contributed by atoms with Crippen molar-refractivity contribution in [2.45, 2.75) is 26.0 Å². The minimum Gasteiger partial charge on any atom is -0.493 e. The van der Waals surface area contributed by atoms with Crippen LogP contribution in [0.15, 0.2) is 48.5 Å². The Kier molecular flexibility index (Phi) is 7.06. The molecular weight excluding hydrogens is 286 g/mol. The third kappa shape index (κ3) is 5.29. The molecule has 114 valence electrons. The van der Waals surface area contributed by atoms with Crippen LogP contribution >= 0.6 is 12.4 Å². The summed E-state index contributed by atoms with van der Waals surface area (Å²) in [4.78, 5) is 0. The molecule has 0 amide bonds. The Hall–Kier alpha value is -1.71. The number of hydrogen-bond donors (Lipinski definition) is 1. The van der Waals surface area contributed by atoms with Crippen molar-refractivity contribution < 1.29 is 9.47 Å². The van der Waals surface area contributed by atoms with Gasteiger partial charge in [-0.1, -0.05) is 36.4 Å². The van der Waals surface area contributed by atoms with Gasteiger partial charge in [0.1, 0.15) is 6.61 Å². The maximum absolute atomic E-state index is 5.82. The van der Waals surface area contributed by atoms with E-state index in [0.29, 0.717) is 6.61 Å². The van der Waals surface area contributed by atoms with Crippen molar-refractivity contribution in [1.29, 1.82) is 0 Å². The summed E-state index contributed by atoms with van der Waals surface area (Å²) < 4.78 is 11.2. The molecule has 3 nitrogen and oxygen atoms in total. The second kappa shape index (κ2) is 8.55. The van der Waals surface area contributed by atoms with Crippen LogP contribution in [0.25, 0.3) is 0 Å². The van der Waals surface area contributed by atoms with E-state index in [1.165, 1.54) is 0 Å². The van der Waals surface area contributed by atoms with Gasteiger partial charge in [0, 0.05) is 6.04 Å².